The molecule has 4 saturated carbocycles. The lowest BCUT2D eigenvalue weighted by atomic mass is 9.44. The molecule has 0 aromatic heterocycles. The van der Waals surface area contributed by atoms with Gasteiger partial charge in [0.15, 0.2) is 0 Å². The molecule has 30 heavy (non-hydrogen) atoms. The summed E-state index contributed by atoms with van der Waals surface area (Å²) < 4.78 is 0. The highest BCUT2D eigenvalue weighted by Crippen LogP contribution is 2.68. The van der Waals surface area contributed by atoms with Gasteiger partial charge in [0, 0.05) is 12.8 Å². The van der Waals surface area contributed by atoms with Crippen molar-refractivity contribution in [2.45, 2.75) is 106 Å². The average molecular weight is 413 g/mol. The first-order valence-electron chi connectivity index (χ1n) is 13.4. The van der Waals surface area contributed by atoms with Crippen LogP contribution in [0.5, 0.6) is 0 Å². The van der Waals surface area contributed by atoms with Crippen molar-refractivity contribution < 1.29 is 4.79 Å². The summed E-state index contributed by atoms with van der Waals surface area (Å²) in [6.07, 6.45) is 17.8. The maximum Gasteiger partial charge on any atom is 0.133 e. The second kappa shape index (κ2) is 8.40. The van der Waals surface area contributed by atoms with E-state index in [4.69, 9.17) is 0 Å². The summed E-state index contributed by atoms with van der Waals surface area (Å²) in [4.78, 5) is 12.1. The molecule has 0 radical (unpaired) electrons. The second-order valence-electron chi connectivity index (χ2n) is 12.7. The molecule has 0 aromatic rings. The minimum Gasteiger partial charge on any atom is -0.300 e. The highest BCUT2D eigenvalue weighted by molar-refractivity contribution is 5.79. The molecule has 4 rings (SSSR count). The van der Waals surface area contributed by atoms with E-state index in [-0.39, 0.29) is 0 Å². The van der Waals surface area contributed by atoms with E-state index >= 15 is 0 Å². The van der Waals surface area contributed by atoms with Gasteiger partial charge in [-0.1, -0.05) is 53.7 Å². The molecule has 170 valence electrons. The first-order valence-corrected chi connectivity index (χ1v) is 13.4. The molecule has 0 spiro atoms. The van der Waals surface area contributed by atoms with Gasteiger partial charge in [-0.3, -0.25) is 4.79 Å². The van der Waals surface area contributed by atoms with E-state index < -0.39 is 0 Å². The average Bonchev–Trinajstić information content (AvgIpc) is 3.06. The number of hydrogen-bond donors (Lipinski definition) is 0. The number of Topliss-reactive ketones (excluding diaryl/α,β-unsaturated/α-hetero) is 1. The van der Waals surface area contributed by atoms with Gasteiger partial charge in [0.1, 0.15) is 5.78 Å². The predicted octanol–water partition coefficient (Wildman–Crippen LogP) is 8.09. The first-order chi connectivity index (χ1) is 14.2. The fourth-order valence-electron chi connectivity index (χ4n) is 9.23. The molecule has 4 aliphatic rings. The molecule has 1 heteroatoms. The van der Waals surface area contributed by atoms with Crippen molar-refractivity contribution in [3.63, 3.8) is 0 Å². The zero-order valence-electron chi connectivity index (χ0n) is 20.8. The molecule has 0 amide bonds. The molecule has 0 saturated heterocycles. The quantitative estimate of drug-likeness (QED) is 0.417. The Hall–Kier alpha value is -0.590. The van der Waals surface area contributed by atoms with Gasteiger partial charge >= 0.3 is 0 Å². The number of allylic oxidation sites excluding steroid dienone is 2. The van der Waals surface area contributed by atoms with Gasteiger partial charge in [-0.25, -0.2) is 0 Å². The maximum absolute atomic E-state index is 12.1. The van der Waals surface area contributed by atoms with Crippen LogP contribution in [0.3, 0.4) is 0 Å². The summed E-state index contributed by atoms with van der Waals surface area (Å²) in [5, 5.41) is 0. The second-order valence-corrected chi connectivity index (χ2v) is 12.7. The molecule has 0 aliphatic heterocycles. The Morgan fingerprint density at radius 2 is 1.67 bits per heavy atom. The summed E-state index contributed by atoms with van der Waals surface area (Å²) in [5.41, 5.74) is 0.992. The number of hydrogen-bond acceptors (Lipinski definition) is 1. The molecule has 0 unspecified atom stereocenters. The summed E-state index contributed by atoms with van der Waals surface area (Å²) >= 11 is 0. The van der Waals surface area contributed by atoms with Crippen LogP contribution < -0.4 is 0 Å². The highest BCUT2D eigenvalue weighted by Gasteiger charge is 2.60. The SMILES string of the molecule is CC[C@H](/C=C/[C@@H](C)[C@H]1CC[C@H]2[C@@H]3CC[C@@H]4CC(=O)CC[C@]4(C)[C@H]3CC[C@]12C)C(C)C. The standard InChI is InChI=1S/C29H48O/c1-7-21(19(2)3)9-8-20(4)25-12-13-26-24-11-10-22-18-23(30)14-16-28(22,5)27(24)15-17-29(25,26)6/h8-9,19-22,24-27H,7,10-18H2,1-6H3/b9-8+/t20-,21-,22-,24+,25-,26+,27+,28+,29-/m1/s1. The van der Waals surface area contributed by atoms with Crippen LogP contribution in [0.2, 0.25) is 0 Å². The van der Waals surface area contributed by atoms with Gasteiger partial charge in [0.25, 0.3) is 0 Å². The third-order valence-corrected chi connectivity index (χ3v) is 11.2. The first kappa shape index (κ1) is 22.6. The van der Waals surface area contributed by atoms with Gasteiger partial charge in [-0.15, -0.1) is 0 Å². The van der Waals surface area contributed by atoms with E-state index in [1.807, 2.05) is 0 Å². The molecule has 0 heterocycles. The van der Waals surface area contributed by atoms with E-state index in [2.05, 4.69) is 53.7 Å². The molecule has 0 bridgehead atoms. The highest BCUT2D eigenvalue weighted by atomic mass is 16.1. The molecular formula is C29H48O. The number of carbonyl (C=O) groups excluding carboxylic acids is 1. The maximum atomic E-state index is 12.1. The van der Waals surface area contributed by atoms with Crippen molar-refractivity contribution in [3.05, 3.63) is 12.2 Å². The normalized spacial score (nSPS) is 45.8. The summed E-state index contributed by atoms with van der Waals surface area (Å²) in [7, 11) is 0. The van der Waals surface area contributed by atoms with Crippen molar-refractivity contribution in [1.82, 2.24) is 0 Å². The summed E-state index contributed by atoms with van der Waals surface area (Å²) in [6.45, 7) is 14.8. The Morgan fingerprint density at radius 3 is 2.37 bits per heavy atom. The lowest BCUT2D eigenvalue weighted by Crippen LogP contribution is -2.53. The van der Waals surface area contributed by atoms with Crippen LogP contribution in [0.1, 0.15) is 106 Å². The number of carbonyl (C=O) groups is 1. The monoisotopic (exact) mass is 412 g/mol. The van der Waals surface area contributed by atoms with Crippen LogP contribution in [-0.4, -0.2) is 5.78 Å². The lowest BCUT2D eigenvalue weighted by Gasteiger charge is -2.60. The minimum atomic E-state index is 0.452. The van der Waals surface area contributed by atoms with Crippen molar-refractivity contribution >= 4 is 5.78 Å². The summed E-state index contributed by atoms with van der Waals surface area (Å²) in [6, 6.07) is 0. The van der Waals surface area contributed by atoms with E-state index in [0.717, 1.165) is 48.3 Å². The Kier molecular flexibility index (Phi) is 6.33. The van der Waals surface area contributed by atoms with Crippen molar-refractivity contribution in [2.75, 3.05) is 0 Å². The smallest absolute Gasteiger partial charge is 0.133 e. The van der Waals surface area contributed by atoms with Crippen LogP contribution in [0.15, 0.2) is 12.2 Å². The van der Waals surface area contributed by atoms with Crippen LogP contribution >= 0.6 is 0 Å². The van der Waals surface area contributed by atoms with Gasteiger partial charge in [-0.2, -0.15) is 0 Å². The fraction of sp³-hybridized carbons (Fsp3) is 0.897. The zero-order chi connectivity index (χ0) is 21.7. The number of fused-ring (bicyclic) bond motifs is 5. The summed E-state index contributed by atoms with van der Waals surface area (Å²) in [5.74, 6) is 7.04. The topological polar surface area (TPSA) is 17.1 Å². The van der Waals surface area contributed by atoms with Crippen molar-refractivity contribution in [3.8, 4) is 0 Å². The third kappa shape index (κ3) is 3.65. The molecule has 0 aromatic carbocycles. The molecule has 1 nitrogen and oxygen atoms in total. The van der Waals surface area contributed by atoms with Gasteiger partial charge in [0.2, 0.25) is 0 Å². The van der Waals surface area contributed by atoms with Crippen molar-refractivity contribution in [2.24, 2.45) is 58.2 Å². The molecule has 4 fully saturated rings. The van der Waals surface area contributed by atoms with Crippen LogP contribution in [0, 0.1) is 58.2 Å². The minimum absolute atomic E-state index is 0.452. The Labute approximate surface area is 186 Å². The molecule has 9 atom stereocenters. The van der Waals surface area contributed by atoms with E-state index in [9.17, 15) is 4.79 Å². The van der Waals surface area contributed by atoms with Gasteiger partial charge in [-0.05, 0) is 110 Å². The largest absolute Gasteiger partial charge is 0.300 e. The van der Waals surface area contributed by atoms with Crippen LogP contribution in [0.25, 0.3) is 0 Å². The Morgan fingerprint density at radius 1 is 0.933 bits per heavy atom. The van der Waals surface area contributed by atoms with E-state index in [1.54, 1.807) is 0 Å². The molecular weight excluding hydrogens is 364 g/mol. The van der Waals surface area contributed by atoms with Crippen LogP contribution in [-0.2, 0) is 4.79 Å². The van der Waals surface area contributed by atoms with Crippen molar-refractivity contribution in [1.29, 1.82) is 0 Å². The number of ketones is 1. The lowest BCUT2D eigenvalue weighted by molar-refractivity contribution is -0.140. The Balaban J connectivity index is 1.50. The van der Waals surface area contributed by atoms with Crippen LogP contribution in [0.4, 0.5) is 0 Å². The fourth-order valence-corrected chi connectivity index (χ4v) is 9.23. The van der Waals surface area contributed by atoms with Gasteiger partial charge in [0.05, 0.1) is 0 Å². The van der Waals surface area contributed by atoms with E-state index in [0.29, 0.717) is 28.4 Å². The third-order valence-electron chi connectivity index (χ3n) is 11.2. The Bertz CT molecular complexity index is 661. The van der Waals surface area contributed by atoms with Gasteiger partial charge < -0.3 is 0 Å². The predicted molar refractivity (Wildman–Crippen MR) is 127 cm³/mol. The zero-order valence-corrected chi connectivity index (χ0v) is 20.8. The molecule has 4 aliphatic carbocycles. The van der Waals surface area contributed by atoms with E-state index in [1.165, 1.54) is 51.4 Å². The molecule has 0 N–H and O–H groups in total. The number of rotatable bonds is 5.